The number of fused-ring (bicyclic) bond motifs is 1. The van der Waals surface area contributed by atoms with Crippen molar-refractivity contribution in [3.63, 3.8) is 0 Å². The minimum atomic E-state index is -0.164. The second-order valence-electron chi connectivity index (χ2n) is 5.17. The average Bonchev–Trinajstić information content (AvgIpc) is 2.84. The Morgan fingerprint density at radius 1 is 1.10 bits per heavy atom. The molecule has 0 radical (unpaired) electrons. The van der Waals surface area contributed by atoms with Gasteiger partial charge in [-0.25, -0.2) is 0 Å². The topological polar surface area (TPSA) is 37.4 Å². The van der Waals surface area contributed by atoms with Gasteiger partial charge >= 0.3 is 0 Å². The molecular weight excluding hydrogens is 406 g/mol. The molecule has 20 heavy (non-hydrogen) atoms. The molecule has 0 N–H and O–H groups in total. The molecular formula is C14H17Br2NO2S. The van der Waals surface area contributed by atoms with E-state index in [1.807, 2.05) is 0 Å². The van der Waals surface area contributed by atoms with Gasteiger partial charge in [0.25, 0.3) is 11.8 Å². The number of hydrogen-bond acceptors (Lipinski definition) is 3. The van der Waals surface area contributed by atoms with Gasteiger partial charge < -0.3 is 0 Å². The molecule has 0 spiro atoms. The minimum Gasteiger partial charge on any atom is -0.274 e. The third kappa shape index (κ3) is 3.02. The number of halogens is 2. The zero-order valence-corrected chi connectivity index (χ0v) is 15.5. The van der Waals surface area contributed by atoms with Crippen LogP contribution in [0, 0.1) is 5.92 Å². The van der Waals surface area contributed by atoms with Crippen LogP contribution in [-0.4, -0.2) is 23.3 Å². The normalized spacial score (nSPS) is 15.9. The minimum absolute atomic E-state index is 0.164. The van der Waals surface area contributed by atoms with Crippen LogP contribution in [0.1, 0.15) is 60.2 Å². The third-order valence-corrected chi connectivity index (χ3v) is 6.30. The molecule has 1 unspecified atom stereocenters. The molecule has 1 aromatic rings. The molecule has 0 saturated carbocycles. The number of amides is 2. The molecule has 0 bridgehead atoms. The first-order valence-electron chi connectivity index (χ1n) is 6.81. The van der Waals surface area contributed by atoms with Gasteiger partial charge in [-0.1, -0.05) is 33.1 Å². The lowest BCUT2D eigenvalue weighted by Gasteiger charge is -2.15. The van der Waals surface area contributed by atoms with E-state index in [2.05, 4.69) is 45.7 Å². The van der Waals surface area contributed by atoms with Crippen LogP contribution in [0.15, 0.2) is 7.57 Å². The number of hydrogen-bond donors (Lipinski definition) is 0. The van der Waals surface area contributed by atoms with E-state index in [1.54, 1.807) is 0 Å². The fourth-order valence-electron chi connectivity index (χ4n) is 2.29. The molecule has 110 valence electrons. The summed E-state index contributed by atoms with van der Waals surface area (Å²) in [5.74, 6) is 0.384. The van der Waals surface area contributed by atoms with E-state index >= 15 is 0 Å². The van der Waals surface area contributed by atoms with Crippen LogP contribution in [0.5, 0.6) is 0 Å². The van der Waals surface area contributed by atoms with Gasteiger partial charge in [0.15, 0.2) is 0 Å². The van der Waals surface area contributed by atoms with Gasteiger partial charge in [0, 0.05) is 6.54 Å². The van der Waals surface area contributed by atoms with E-state index in [0.717, 1.165) is 26.8 Å². The summed E-state index contributed by atoms with van der Waals surface area (Å²) < 4.78 is 1.47. The highest BCUT2D eigenvalue weighted by molar-refractivity contribution is 9.12. The molecule has 1 aliphatic rings. The Morgan fingerprint density at radius 3 is 2.15 bits per heavy atom. The molecule has 2 heterocycles. The van der Waals surface area contributed by atoms with Gasteiger partial charge in [-0.15, -0.1) is 11.3 Å². The number of rotatable bonds is 6. The Labute approximate surface area is 140 Å². The molecule has 2 amide bonds. The average molecular weight is 423 g/mol. The molecule has 1 atom stereocenters. The number of carbonyl (C=O) groups is 2. The van der Waals surface area contributed by atoms with Crippen LogP contribution in [0.3, 0.4) is 0 Å². The standard InChI is InChI=1S/C14H17Br2NO2S/c1-3-8(2)6-4-5-7-17-13(18)9-10(14(17)19)12(16)20-11(9)15/h8H,3-7H2,1-2H3. The number of nitrogens with zero attached hydrogens (tertiary/aromatic N) is 1. The van der Waals surface area contributed by atoms with Crippen LogP contribution >= 0.6 is 43.2 Å². The Kier molecular flexibility index (Phi) is 5.42. The van der Waals surface area contributed by atoms with Gasteiger partial charge in [-0.05, 0) is 44.2 Å². The van der Waals surface area contributed by atoms with Gasteiger partial charge in [-0.2, -0.15) is 0 Å². The molecule has 6 heteroatoms. The number of imide groups is 1. The van der Waals surface area contributed by atoms with Crippen molar-refractivity contribution in [3.8, 4) is 0 Å². The first kappa shape index (κ1) is 16.2. The number of thiophene rings is 1. The molecule has 0 saturated heterocycles. The van der Waals surface area contributed by atoms with Crippen molar-refractivity contribution in [3.05, 3.63) is 18.7 Å². The molecule has 3 nitrogen and oxygen atoms in total. The van der Waals surface area contributed by atoms with Crippen LogP contribution in [0.25, 0.3) is 0 Å². The van der Waals surface area contributed by atoms with E-state index < -0.39 is 0 Å². The predicted octanol–water partition coefficient (Wildman–Crippen LogP) is 5.09. The summed E-state index contributed by atoms with van der Waals surface area (Å²) >= 11 is 8.11. The van der Waals surface area contributed by atoms with Crippen molar-refractivity contribution < 1.29 is 9.59 Å². The number of carbonyl (C=O) groups excluding carboxylic acids is 2. The van der Waals surface area contributed by atoms with Gasteiger partial charge in [-0.3, -0.25) is 14.5 Å². The van der Waals surface area contributed by atoms with E-state index in [0.29, 0.717) is 23.6 Å². The summed E-state index contributed by atoms with van der Waals surface area (Å²) in [6, 6.07) is 0. The molecule has 2 rings (SSSR count). The van der Waals surface area contributed by atoms with E-state index in [1.165, 1.54) is 22.7 Å². The third-order valence-electron chi connectivity index (χ3n) is 3.77. The van der Waals surface area contributed by atoms with Crippen molar-refractivity contribution in [2.24, 2.45) is 5.92 Å². The monoisotopic (exact) mass is 421 g/mol. The summed E-state index contributed by atoms with van der Waals surface area (Å²) in [6.45, 7) is 4.94. The highest BCUT2D eigenvalue weighted by Gasteiger charge is 2.40. The first-order chi connectivity index (χ1) is 9.47. The maximum atomic E-state index is 12.3. The first-order valence-corrected chi connectivity index (χ1v) is 9.21. The van der Waals surface area contributed by atoms with Crippen molar-refractivity contribution in [2.45, 2.75) is 39.5 Å². The van der Waals surface area contributed by atoms with Crippen LogP contribution < -0.4 is 0 Å². The largest absolute Gasteiger partial charge is 0.274 e. The number of unbranched alkanes of at least 4 members (excludes halogenated alkanes) is 1. The van der Waals surface area contributed by atoms with Gasteiger partial charge in [0.2, 0.25) is 0 Å². The van der Waals surface area contributed by atoms with Crippen molar-refractivity contribution in [1.29, 1.82) is 0 Å². The Balaban J connectivity index is 1.97. The second-order valence-corrected chi connectivity index (χ2v) is 8.83. The smallest absolute Gasteiger partial charge is 0.263 e. The molecule has 1 aromatic heterocycles. The summed E-state index contributed by atoms with van der Waals surface area (Å²) in [5.41, 5.74) is 1.04. The lowest BCUT2D eigenvalue weighted by Crippen LogP contribution is -2.31. The highest BCUT2D eigenvalue weighted by Crippen LogP contribution is 2.41. The molecule has 0 aromatic carbocycles. The summed E-state index contributed by atoms with van der Waals surface area (Å²) in [4.78, 5) is 26.0. The SMILES string of the molecule is CCC(C)CCCCN1C(=O)c2c(Br)sc(Br)c2C1=O. The fourth-order valence-corrected chi connectivity index (χ4v) is 5.39. The van der Waals surface area contributed by atoms with Gasteiger partial charge in [0.1, 0.15) is 0 Å². The van der Waals surface area contributed by atoms with Crippen LogP contribution in [0.2, 0.25) is 0 Å². The summed E-state index contributed by atoms with van der Waals surface area (Å²) in [5, 5.41) is 0. The zero-order valence-electron chi connectivity index (χ0n) is 11.5. The molecule has 1 aliphatic heterocycles. The summed E-state index contributed by atoms with van der Waals surface area (Å²) in [7, 11) is 0. The predicted molar refractivity (Wildman–Crippen MR) is 88.4 cm³/mol. The summed E-state index contributed by atoms with van der Waals surface area (Å²) in [6.07, 6.45) is 4.27. The van der Waals surface area contributed by atoms with Crippen molar-refractivity contribution in [1.82, 2.24) is 4.90 Å². The van der Waals surface area contributed by atoms with Gasteiger partial charge in [0.05, 0.1) is 18.7 Å². The quantitative estimate of drug-likeness (QED) is 0.473. The Hall–Kier alpha value is -0.200. The second kappa shape index (κ2) is 6.71. The van der Waals surface area contributed by atoms with Crippen LogP contribution in [0.4, 0.5) is 0 Å². The van der Waals surface area contributed by atoms with Crippen LogP contribution in [-0.2, 0) is 0 Å². The van der Waals surface area contributed by atoms with Crippen molar-refractivity contribution in [2.75, 3.05) is 6.54 Å². The lowest BCUT2D eigenvalue weighted by molar-refractivity contribution is 0.0650. The Bertz CT molecular complexity index is 505. The lowest BCUT2D eigenvalue weighted by atomic mass is 10.0. The molecule has 0 aliphatic carbocycles. The zero-order chi connectivity index (χ0) is 14.9. The van der Waals surface area contributed by atoms with E-state index in [-0.39, 0.29) is 11.8 Å². The van der Waals surface area contributed by atoms with E-state index in [4.69, 9.17) is 0 Å². The van der Waals surface area contributed by atoms with E-state index in [9.17, 15) is 9.59 Å². The maximum absolute atomic E-state index is 12.3. The Morgan fingerprint density at radius 2 is 1.65 bits per heavy atom. The molecule has 0 fully saturated rings. The van der Waals surface area contributed by atoms with Crippen molar-refractivity contribution >= 4 is 55.0 Å². The highest BCUT2D eigenvalue weighted by atomic mass is 79.9. The fraction of sp³-hybridized carbons (Fsp3) is 0.571. The maximum Gasteiger partial charge on any atom is 0.263 e.